The first-order chi connectivity index (χ1) is 18.3. The molecule has 11 heteroatoms. The number of methoxy groups -OCH3 is 5. The first kappa shape index (κ1) is 26.7. The molecule has 0 saturated heterocycles. The zero-order valence-electron chi connectivity index (χ0n) is 21.7. The van der Waals surface area contributed by atoms with Crippen molar-refractivity contribution in [1.82, 2.24) is 4.57 Å². The molecule has 2 aromatic carbocycles. The van der Waals surface area contributed by atoms with Gasteiger partial charge in [-0.2, -0.15) is 0 Å². The Balaban J connectivity index is 1.93. The van der Waals surface area contributed by atoms with Crippen LogP contribution in [0.1, 0.15) is 34.5 Å². The Morgan fingerprint density at radius 3 is 2.05 bits per heavy atom. The smallest absolute Gasteiger partial charge is 0.338 e. The van der Waals surface area contributed by atoms with Gasteiger partial charge in [0.15, 0.2) is 16.3 Å². The van der Waals surface area contributed by atoms with Crippen LogP contribution in [-0.2, 0) is 14.3 Å². The number of nitrogens with zero attached hydrogens (tertiary/aromatic N) is 2. The van der Waals surface area contributed by atoms with Crippen LogP contribution in [0.3, 0.4) is 0 Å². The first-order valence-electron chi connectivity index (χ1n) is 11.4. The molecule has 0 radical (unpaired) electrons. The molecular formula is C27H26N2O8S. The molecule has 0 aliphatic carbocycles. The third-order valence-corrected chi connectivity index (χ3v) is 7.04. The lowest BCUT2D eigenvalue weighted by molar-refractivity contribution is -0.136. The zero-order valence-corrected chi connectivity index (χ0v) is 22.5. The molecule has 198 valence electrons. The summed E-state index contributed by atoms with van der Waals surface area (Å²) < 4.78 is 27.9. The summed E-state index contributed by atoms with van der Waals surface area (Å²) in [5.41, 5.74) is 1.90. The van der Waals surface area contributed by atoms with Gasteiger partial charge in [0, 0.05) is 0 Å². The number of carbonyl (C=O) groups excluding carboxylic acids is 2. The highest BCUT2D eigenvalue weighted by atomic mass is 32.1. The number of hydrogen-bond acceptors (Lipinski definition) is 10. The lowest BCUT2D eigenvalue weighted by Gasteiger charge is -2.24. The van der Waals surface area contributed by atoms with Gasteiger partial charge in [0.25, 0.3) is 5.56 Å². The summed E-state index contributed by atoms with van der Waals surface area (Å²) in [6.07, 6.45) is 1.70. The number of esters is 2. The van der Waals surface area contributed by atoms with Crippen LogP contribution in [0.25, 0.3) is 6.08 Å². The van der Waals surface area contributed by atoms with Gasteiger partial charge < -0.3 is 23.7 Å². The number of rotatable bonds is 7. The summed E-state index contributed by atoms with van der Waals surface area (Å²) in [6.45, 7) is 1.69. The molecule has 0 spiro atoms. The van der Waals surface area contributed by atoms with Crippen molar-refractivity contribution in [3.63, 3.8) is 0 Å². The van der Waals surface area contributed by atoms with E-state index in [9.17, 15) is 14.4 Å². The van der Waals surface area contributed by atoms with Crippen molar-refractivity contribution in [2.24, 2.45) is 4.99 Å². The maximum Gasteiger partial charge on any atom is 0.338 e. The molecule has 1 aliphatic heterocycles. The Morgan fingerprint density at radius 1 is 0.921 bits per heavy atom. The number of carbonyl (C=O) groups is 2. The summed E-state index contributed by atoms with van der Waals surface area (Å²) in [7, 11) is 7.10. The molecule has 1 aliphatic rings. The molecule has 3 aromatic rings. The largest absolute Gasteiger partial charge is 0.493 e. The van der Waals surface area contributed by atoms with Crippen molar-refractivity contribution in [2.45, 2.75) is 13.0 Å². The summed E-state index contributed by atoms with van der Waals surface area (Å²) in [5, 5.41) is 0. The number of allylic oxidation sites excluding steroid dienone is 1. The van der Waals surface area contributed by atoms with Crippen molar-refractivity contribution < 1.29 is 33.3 Å². The third-order valence-electron chi connectivity index (χ3n) is 6.06. The quantitative estimate of drug-likeness (QED) is 0.421. The lowest BCUT2D eigenvalue weighted by Crippen LogP contribution is -2.39. The van der Waals surface area contributed by atoms with Gasteiger partial charge >= 0.3 is 11.9 Å². The summed E-state index contributed by atoms with van der Waals surface area (Å²) in [4.78, 5) is 43.5. The number of aromatic nitrogens is 1. The number of thiazole rings is 1. The average Bonchev–Trinajstić information content (AvgIpc) is 3.24. The van der Waals surface area contributed by atoms with Crippen LogP contribution in [0.2, 0.25) is 0 Å². The first-order valence-corrected chi connectivity index (χ1v) is 12.2. The van der Waals surface area contributed by atoms with E-state index in [2.05, 4.69) is 4.99 Å². The van der Waals surface area contributed by atoms with Crippen molar-refractivity contribution in [2.75, 3.05) is 35.5 Å². The van der Waals surface area contributed by atoms with Crippen molar-refractivity contribution >= 4 is 29.4 Å². The fraction of sp³-hybridized carbons (Fsp3) is 0.259. The average molecular weight is 539 g/mol. The van der Waals surface area contributed by atoms with Gasteiger partial charge in [-0.3, -0.25) is 9.36 Å². The monoisotopic (exact) mass is 538 g/mol. The molecular weight excluding hydrogens is 512 g/mol. The van der Waals surface area contributed by atoms with Crippen LogP contribution in [0, 0.1) is 0 Å². The van der Waals surface area contributed by atoms with Gasteiger partial charge in [0.2, 0.25) is 5.75 Å². The summed E-state index contributed by atoms with van der Waals surface area (Å²) >= 11 is 1.18. The molecule has 1 unspecified atom stereocenters. The molecule has 38 heavy (non-hydrogen) atoms. The molecule has 1 aromatic heterocycles. The Morgan fingerprint density at radius 2 is 1.53 bits per heavy atom. The maximum atomic E-state index is 13.8. The van der Waals surface area contributed by atoms with Crippen molar-refractivity contribution in [3.05, 3.63) is 84.0 Å². The normalized spacial score (nSPS) is 14.9. The minimum Gasteiger partial charge on any atom is -0.493 e. The summed E-state index contributed by atoms with van der Waals surface area (Å²) in [5.74, 6) is 0.219. The van der Waals surface area contributed by atoms with E-state index in [1.165, 1.54) is 51.5 Å². The minimum atomic E-state index is -0.813. The molecule has 0 fully saturated rings. The molecule has 0 saturated carbocycles. The molecule has 4 rings (SSSR count). The number of hydrogen-bond donors (Lipinski definition) is 0. The predicted octanol–water partition coefficient (Wildman–Crippen LogP) is 2.22. The van der Waals surface area contributed by atoms with Gasteiger partial charge in [0.05, 0.1) is 63.0 Å². The van der Waals surface area contributed by atoms with Crippen LogP contribution in [0.15, 0.2) is 57.5 Å². The Kier molecular flexibility index (Phi) is 7.67. The fourth-order valence-corrected chi connectivity index (χ4v) is 5.31. The number of benzene rings is 2. The minimum absolute atomic E-state index is 0.227. The van der Waals surface area contributed by atoms with Crippen molar-refractivity contribution in [1.29, 1.82) is 0 Å². The van der Waals surface area contributed by atoms with Crippen LogP contribution in [0.4, 0.5) is 0 Å². The Hall–Kier alpha value is -4.38. The maximum absolute atomic E-state index is 13.8. The van der Waals surface area contributed by atoms with E-state index in [-0.39, 0.29) is 11.1 Å². The topological polar surface area (TPSA) is 115 Å². The van der Waals surface area contributed by atoms with Crippen LogP contribution >= 0.6 is 11.3 Å². The van der Waals surface area contributed by atoms with Gasteiger partial charge in [-0.15, -0.1) is 0 Å². The van der Waals surface area contributed by atoms with Crippen LogP contribution in [-0.4, -0.2) is 52.1 Å². The molecule has 1 atom stereocenters. The Labute approximate surface area is 222 Å². The van der Waals surface area contributed by atoms with E-state index in [1.54, 1.807) is 49.4 Å². The molecule has 0 amide bonds. The van der Waals surface area contributed by atoms with E-state index in [0.717, 1.165) is 0 Å². The van der Waals surface area contributed by atoms with Gasteiger partial charge in [0.1, 0.15) is 0 Å². The van der Waals surface area contributed by atoms with Gasteiger partial charge in [-0.1, -0.05) is 23.5 Å². The molecule has 10 nitrogen and oxygen atoms in total. The number of fused-ring (bicyclic) bond motifs is 1. The highest BCUT2D eigenvalue weighted by molar-refractivity contribution is 7.07. The molecule has 2 heterocycles. The zero-order chi connectivity index (χ0) is 27.6. The van der Waals surface area contributed by atoms with E-state index < -0.39 is 18.0 Å². The van der Waals surface area contributed by atoms with E-state index >= 15 is 0 Å². The molecule has 0 N–H and O–H groups in total. The van der Waals surface area contributed by atoms with Crippen LogP contribution in [0.5, 0.6) is 17.2 Å². The summed E-state index contributed by atoms with van der Waals surface area (Å²) in [6, 6.07) is 9.16. The Bertz CT molecular complexity index is 1590. The standard InChI is InChI=1S/C27H26N2O8S/c1-14-21(26(32)37-6)22(16-7-9-17(10-8-16)25(31)36-5)29-24(30)20(38-27(29)28-14)13-15-11-18(33-2)23(35-4)19(12-15)34-3/h7-13,22H,1-6H3. The second-order valence-electron chi connectivity index (χ2n) is 8.15. The highest BCUT2D eigenvalue weighted by Gasteiger charge is 2.33. The second-order valence-corrected chi connectivity index (χ2v) is 9.15. The van der Waals surface area contributed by atoms with Gasteiger partial charge in [-0.25, -0.2) is 14.6 Å². The van der Waals surface area contributed by atoms with E-state index in [0.29, 0.717) is 49.0 Å². The fourth-order valence-electron chi connectivity index (χ4n) is 4.26. The number of ether oxygens (including phenoxy) is 5. The SMILES string of the molecule is COC(=O)C1=C(C)N=c2sc(=Cc3cc(OC)c(OC)c(OC)c3)c(=O)n2C1c1ccc(C(=O)OC)cc1. The van der Waals surface area contributed by atoms with Crippen LogP contribution < -0.4 is 29.1 Å². The highest BCUT2D eigenvalue weighted by Crippen LogP contribution is 2.38. The third kappa shape index (κ3) is 4.68. The molecule has 0 bridgehead atoms. The second kappa shape index (κ2) is 10.9. The van der Waals surface area contributed by atoms with E-state index in [4.69, 9.17) is 23.7 Å². The predicted molar refractivity (Wildman–Crippen MR) is 140 cm³/mol. The van der Waals surface area contributed by atoms with Gasteiger partial charge in [-0.05, 0) is 48.4 Å². The lowest BCUT2D eigenvalue weighted by atomic mass is 9.95. The van der Waals surface area contributed by atoms with E-state index in [1.807, 2.05) is 0 Å². The van der Waals surface area contributed by atoms with Crippen molar-refractivity contribution in [3.8, 4) is 17.2 Å².